The first kappa shape index (κ1) is 19.7. The predicted octanol–water partition coefficient (Wildman–Crippen LogP) is 0.400. The predicted molar refractivity (Wildman–Crippen MR) is 89.0 cm³/mol. The molecule has 2 N–H and O–H groups in total. The van der Waals surface area contributed by atoms with Gasteiger partial charge in [-0.05, 0) is 39.0 Å². The second kappa shape index (κ2) is 9.72. The van der Waals surface area contributed by atoms with Crippen molar-refractivity contribution in [2.75, 3.05) is 32.8 Å². The van der Waals surface area contributed by atoms with Crippen molar-refractivity contribution in [2.24, 2.45) is 5.92 Å². The molecule has 0 aromatic rings. The van der Waals surface area contributed by atoms with Crippen LogP contribution in [0.4, 0.5) is 0 Å². The quantitative estimate of drug-likeness (QED) is 0.610. The van der Waals surface area contributed by atoms with Gasteiger partial charge in [0.25, 0.3) is 5.91 Å². The SMILES string of the molecule is CCOCCCNC(=O)C1CCN(C(=O)[C@@H]2CC[C@H](C(=O)O)O2)CC1. The topological polar surface area (TPSA) is 105 Å². The van der Waals surface area contributed by atoms with Gasteiger partial charge >= 0.3 is 5.97 Å². The molecular formula is C17H28N2O6. The lowest BCUT2D eigenvalue weighted by Gasteiger charge is -2.32. The van der Waals surface area contributed by atoms with E-state index in [0.717, 1.165) is 6.42 Å². The number of rotatable bonds is 8. The fourth-order valence-electron chi connectivity index (χ4n) is 3.24. The molecule has 142 valence electrons. The fourth-order valence-corrected chi connectivity index (χ4v) is 3.24. The molecule has 0 saturated carbocycles. The third-order valence-corrected chi connectivity index (χ3v) is 4.72. The van der Waals surface area contributed by atoms with Crippen LogP contribution in [-0.4, -0.2) is 72.8 Å². The Hall–Kier alpha value is -1.67. The Morgan fingerprint density at radius 3 is 2.44 bits per heavy atom. The normalized spacial score (nSPS) is 24.3. The highest BCUT2D eigenvalue weighted by Crippen LogP contribution is 2.24. The van der Waals surface area contributed by atoms with Gasteiger partial charge in [-0.25, -0.2) is 4.79 Å². The van der Waals surface area contributed by atoms with Crippen LogP contribution in [0.5, 0.6) is 0 Å². The Bertz CT molecular complexity index is 476. The summed E-state index contributed by atoms with van der Waals surface area (Å²) in [5, 5.41) is 11.9. The van der Waals surface area contributed by atoms with Crippen molar-refractivity contribution in [3.63, 3.8) is 0 Å². The number of likely N-dealkylation sites (tertiary alicyclic amines) is 1. The first-order chi connectivity index (χ1) is 12.0. The molecule has 0 spiro atoms. The molecule has 8 nitrogen and oxygen atoms in total. The number of hydrogen-bond acceptors (Lipinski definition) is 5. The molecule has 8 heteroatoms. The summed E-state index contributed by atoms with van der Waals surface area (Å²) < 4.78 is 10.5. The maximum absolute atomic E-state index is 12.4. The van der Waals surface area contributed by atoms with Crippen LogP contribution >= 0.6 is 0 Å². The Labute approximate surface area is 147 Å². The van der Waals surface area contributed by atoms with Gasteiger partial charge in [-0.3, -0.25) is 9.59 Å². The summed E-state index contributed by atoms with van der Waals surface area (Å²) in [6, 6.07) is 0. The van der Waals surface area contributed by atoms with E-state index in [9.17, 15) is 14.4 Å². The first-order valence-corrected chi connectivity index (χ1v) is 9.05. The van der Waals surface area contributed by atoms with Gasteiger partial charge in [0.2, 0.25) is 5.91 Å². The number of carbonyl (C=O) groups is 3. The summed E-state index contributed by atoms with van der Waals surface area (Å²) in [6.45, 7) is 4.87. The van der Waals surface area contributed by atoms with Gasteiger partial charge in [0, 0.05) is 38.8 Å². The van der Waals surface area contributed by atoms with Crippen LogP contribution < -0.4 is 5.32 Å². The van der Waals surface area contributed by atoms with E-state index in [0.29, 0.717) is 58.5 Å². The number of carbonyl (C=O) groups excluding carboxylic acids is 2. The molecule has 2 amide bonds. The van der Waals surface area contributed by atoms with Crippen molar-refractivity contribution in [1.82, 2.24) is 10.2 Å². The molecule has 2 aliphatic rings. The van der Waals surface area contributed by atoms with Gasteiger partial charge < -0.3 is 24.8 Å². The number of piperidine rings is 1. The summed E-state index contributed by atoms with van der Waals surface area (Å²) in [7, 11) is 0. The summed E-state index contributed by atoms with van der Waals surface area (Å²) in [5.41, 5.74) is 0. The van der Waals surface area contributed by atoms with Crippen molar-refractivity contribution in [3.8, 4) is 0 Å². The molecule has 0 radical (unpaired) electrons. The van der Waals surface area contributed by atoms with E-state index in [1.54, 1.807) is 4.90 Å². The van der Waals surface area contributed by atoms with Gasteiger partial charge in [-0.1, -0.05) is 0 Å². The Kier molecular flexibility index (Phi) is 7.64. The van der Waals surface area contributed by atoms with Crippen LogP contribution in [0, 0.1) is 5.92 Å². The lowest BCUT2D eigenvalue weighted by molar-refractivity contribution is -0.155. The Balaban J connectivity index is 1.68. The van der Waals surface area contributed by atoms with Crippen molar-refractivity contribution >= 4 is 17.8 Å². The van der Waals surface area contributed by atoms with Crippen LogP contribution in [-0.2, 0) is 23.9 Å². The van der Waals surface area contributed by atoms with Crippen LogP contribution in [0.2, 0.25) is 0 Å². The van der Waals surface area contributed by atoms with Gasteiger partial charge in [-0.15, -0.1) is 0 Å². The van der Waals surface area contributed by atoms with E-state index in [1.807, 2.05) is 6.92 Å². The minimum absolute atomic E-state index is 0.0339. The number of carboxylic acids is 1. The van der Waals surface area contributed by atoms with E-state index < -0.39 is 18.2 Å². The van der Waals surface area contributed by atoms with Crippen molar-refractivity contribution in [3.05, 3.63) is 0 Å². The summed E-state index contributed by atoms with van der Waals surface area (Å²) in [4.78, 5) is 37.1. The summed E-state index contributed by atoms with van der Waals surface area (Å²) in [6.07, 6.45) is 1.30. The molecular weight excluding hydrogens is 328 g/mol. The fraction of sp³-hybridized carbons (Fsp3) is 0.824. The van der Waals surface area contributed by atoms with Crippen molar-refractivity contribution < 1.29 is 29.0 Å². The molecule has 25 heavy (non-hydrogen) atoms. The van der Waals surface area contributed by atoms with Gasteiger partial charge in [0.1, 0.15) is 6.10 Å². The van der Waals surface area contributed by atoms with Gasteiger partial charge in [0.15, 0.2) is 6.10 Å². The van der Waals surface area contributed by atoms with E-state index >= 15 is 0 Å². The van der Waals surface area contributed by atoms with E-state index in [4.69, 9.17) is 14.6 Å². The molecule has 0 aliphatic carbocycles. The highest BCUT2D eigenvalue weighted by Gasteiger charge is 2.38. The van der Waals surface area contributed by atoms with Crippen LogP contribution in [0.15, 0.2) is 0 Å². The average molecular weight is 356 g/mol. The van der Waals surface area contributed by atoms with E-state index in [1.165, 1.54) is 0 Å². The largest absolute Gasteiger partial charge is 0.479 e. The zero-order valence-electron chi connectivity index (χ0n) is 14.7. The highest BCUT2D eigenvalue weighted by molar-refractivity contribution is 5.83. The summed E-state index contributed by atoms with van der Waals surface area (Å²) >= 11 is 0. The number of nitrogens with zero attached hydrogens (tertiary/aromatic N) is 1. The molecule has 2 fully saturated rings. The Morgan fingerprint density at radius 2 is 1.84 bits per heavy atom. The minimum atomic E-state index is -1.02. The standard InChI is InChI=1S/C17H28N2O6/c1-2-24-11-3-8-18-15(20)12-6-9-19(10-7-12)16(21)13-4-5-14(25-13)17(22)23/h12-14H,2-11H2,1H3,(H,18,20)(H,22,23)/t13-,14+/m0/s1. The number of amides is 2. The average Bonchev–Trinajstić information content (AvgIpc) is 3.11. The van der Waals surface area contributed by atoms with Crippen molar-refractivity contribution in [1.29, 1.82) is 0 Å². The molecule has 2 atom stereocenters. The highest BCUT2D eigenvalue weighted by atomic mass is 16.5. The molecule has 0 unspecified atom stereocenters. The second-order valence-electron chi connectivity index (χ2n) is 6.47. The zero-order chi connectivity index (χ0) is 18.2. The van der Waals surface area contributed by atoms with Crippen LogP contribution in [0.1, 0.15) is 39.0 Å². The lowest BCUT2D eigenvalue weighted by Crippen LogP contribution is -2.46. The van der Waals surface area contributed by atoms with Crippen LogP contribution in [0.3, 0.4) is 0 Å². The summed E-state index contributed by atoms with van der Waals surface area (Å²) in [5.74, 6) is -1.21. The molecule has 2 heterocycles. The lowest BCUT2D eigenvalue weighted by atomic mass is 9.95. The molecule has 2 rings (SSSR count). The maximum atomic E-state index is 12.4. The number of hydrogen-bond donors (Lipinski definition) is 2. The maximum Gasteiger partial charge on any atom is 0.332 e. The van der Waals surface area contributed by atoms with E-state index in [2.05, 4.69) is 5.32 Å². The molecule has 0 bridgehead atoms. The second-order valence-corrected chi connectivity index (χ2v) is 6.47. The van der Waals surface area contributed by atoms with Gasteiger partial charge in [-0.2, -0.15) is 0 Å². The number of carboxylic acid groups (broad SMARTS) is 1. The number of ether oxygens (including phenoxy) is 2. The van der Waals surface area contributed by atoms with Crippen molar-refractivity contribution in [2.45, 2.75) is 51.2 Å². The van der Waals surface area contributed by atoms with Crippen LogP contribution in [0.25, 0.3) is 0 Å². The first-order valence-electron chi connectivity index (χ1n) is 9.05. The molecule has 0 aromatic carbocycles. The molecule has 0 aromatic heterocycles. The zero-order valence-corrected chi connectivity index (χ0v) is 14.7. The number of aliphatic carboxylic acids is 1. The minimum Gasteiger partial charge on any atom is -0.479 e. The van der Waals surface area contributed by atoms with Gasteiger partial charge in [0.05, 0.1) is 0 Å². The third kappa shape index (κ3) is 5.67. The molecule has 2 aliphatic heterocycles. The van der Waals surface area contributed by atoms with E-state index in [-0.39, 0.29) is 17.7 Å². The third-order valence-electron chi connectivity index (χ3n) is 4.72. The Morgan fingerprint density at radius 1 is 1.16 bits per heavy atom. The number of nitrogens with one attached hydrogen (secondary N) is 1. The monoisotopic (exact) mass is 356 g/mol. The molecule has 2 saturated heterocycles. The smallest absolute Gasteiger partial charge is 0.332 e.